The molecule has 0 radical (unpaired) electrons. The number of carbonyl (C=O) groups is 1. The van der Waals surface area contributed by atoms with E-state index in [4.69, 9.17) is 11.6 Å². The number of benzene rings is 2. The van der Waals surface area contributed by atoms with Crippen LogP contribution in [0, 0.1) is 0 Å². The Bertz CT molecular complexity index is 1150. The fraction of sp³-hybridized carbons (Fsp3) is 0.227. The van der Waals surface area contributed by atoms with Gasteiger partial charge in [-0.2, -0.15) is 4.31 Å². The largest absolute Gasteiger partial charge is 0.354 e. The first-order valence-corrected chi connectivity index (χ1v) is 12.3. The van der Waals surface area contributed by atoms with Crippen molar-refractivity contribution in [3.8, 4) is 0 Å². The summed E-state index contributed by atoms with van der Waals surface area (Å²) < 4.78 is 28.1. The first kappa shape index (κ1) is 21.1. The van der Waals surface area contributed by atoms with Crippen LogP contribution in [-0.2, 0) is 34.2 Å². The van der Waals surface area contributed by atoms with Gasteiger partial charge in [-0.25, -0.2) is 8.42 Å². The van der Waals surface area contributed by atoms with Gasteiger partial charge in [0.1, 0.15) is 10.3 Å². The fourth-order valence-corrected chi connectivity index (χ4v) is 6.54. The molecular weight excluding hydrogens is 440 g/mol. The van der Waals surface area contributed by atoms with E-state index in [-0.39, 0.29) is 16.7 Å². The van der Waals surface area contributed by atoms with Gasteiger partial charge in [0.25, 0.3) is 10.0 Å². The summed E-state index contributed by atoms with van der Waals surface area (Å²) in [5.74, 6) is -0.285. The standard InChI is InChI=1S/C22H21ClN2O3S2/c23-19-8-3-5-16(13-19)10-11-24-22(26)20-14-17-6-1-2-7-18(17)15-25(20)30(27,28)21-9-4-12-29-21/h1-9,12-13,20H,10-11,14-15H2,(H,24,26)/t20-/m0/s1. The molecular formula is C22H21ClN2O3S2. The minimum absolute atomic E-state index is 0.183. The van der Waals surface area contributed by atoms with Crippen LogP contribution in [0.15, 0.2) is 70.3 Å². The normalized spacial score (nSPS) is 16.8. The number of nitrogens with zero attached hydrogens (tertiary/aromatic N) is 1. The number of sulfonamides is 1. The van der Waals surface area contributed by atoms with Gasteiger partial charge in [0.15, 0.2) is 0 Å². The molecule has 1 aromatic heterocycles. The number of hydrogen-bond donors (Lipinski definition) is 1. The average Bonchev–Trinajstić information content (AvgIpc) is 3.29. The Morgan fingerprint density at radius 3 is 2.63 bits per heavy atom. The van der Waals surface area contributed by atoms with Gasteiger partial charge in [0.05, 0.1) is 0 Å². The lowest BCUT2D eigenvalue weighted by Crippen LogP contribution is -2.52. The van der Waals surface area contributed by atoms with Crippen molar-refractivity contribution in [3.63, 3.8) is 0 Å². The molecule has 0 aliphatic carbocycles. The fourth-order valence-electron chi connectivity index (χ4n) is 3.64. The summed E-state index contributed by atoms with van der Waals surface area (Å²) >= 11 is 7.18. The van der Waals surface area contributed by atoms with E-state index >= 15 is 0 Å². The topological polar surface area (TPSA) is 66.5 Å². The highest BCUT2D eigenvalue weighted by molar-refractivity contribution is 7.91. The second-order valence-electron chi connectivity index (χ2n) is 7.14. The number of nitrogens with one attached hydrogen (secondary N) is 1. The van der Waals surface area contributed by atoms with Crippen LogP contribution in [0.5, 0.6) is 0 Å². The van der Waals surface area contributed by atoms with E-state index in [0.717, 1.165) is 28.0 Å². The SMILES string of the molecule is O=C(NCCc1cccc(Cl)c1)[C@@H]1Cc2ccccc2CN1S(=O)(=O)c1cccs1. The van der Waals surface area contributed by atoms with Gasteiger partial charge in [0.2, 0.25) is 5.91 Å². The zero-order chi connectivity index (χ0) is 21.1. The highest BCUT2D eigenvalue weighted by atomic mass is 35.5. The quantitative estimate of drug-likeness (QED) is 0.607. The molecule has 0 bridgehead atoms. The lowest BCUT2D eigenvalue weighted by molar-refractivity contribution is -0.125. The summed E-state index contributed by atoms with van der Waals surface area (Å²) in [5, 5.41) is 5.29. The summed E-state index contributed by atoms with van der Waals surface area (Å²) in [6.45, 7) is 0.590. The van der Waals surface area contributed by atoms with Crippen molar-refractivity contribution in [2.45, 2.75) is 29.6 Å². The first-order chi connectivity index (χ1) is 14.4. The summed E-state index contributed by atoms with van der Waals surface area (Å²) in [4.78, 5) is 13.1. The Morgan fingerprint density at radius 2 is 1.90 bits per heavy atom. The first-order valence-electron chi connectivity index (χ1n) is 9.59. The molecule has 2 heterocycles. The molecule has 1 amide bonds. The molecule has 156 valence electrons. The van der Waals surface area contributed by atoms with Crippen molar-refractivity contribution < 1.29 is 13.2 Å². The van der Waals surface area contributed by atoms with E-state index in [1.54, 1.807) is 23.6 Å². The summed E-state index contributed by atoms with van der Waals surface area (Å²) in [6, 6.07) is 17.6. The summed E-state index contributed by atoms with van der Waals surface area (Å²) in [6.07, 6.45) is 0.969. The third-order valence-electron chi connectivity index (χ3n) is 5.17. The molecule has 0 fully saturated rings. The average molecular weight is 461 g/mol. The highest BCUT2D eigenvalue weighted by Crippen LogP contribution is 2.30. The van der Waals surface area contributed by atoms with Crippen LogP contribution in [0.4, 0.5) is 0 Å². The molecule has 1 atom stereocenters. The monoisotopic (exact) mass is 460 g/mol. The Labute approximate surface area is 185 Å². The lowest BCUT2D eigenvalue weighted by Gasteiger charge is -2.34. The number of amides is 1. The second-order valence-corrected chi connectivity index (χ2v) is 10.6. The minimum atomic E-state index is -3.76. The Balaban J connectivity index is 1.54. The molecule has 1 aliphatic rings. The van der Waals surface area contributed by atoms with Crippen LogP contribution in [0.3, 0.4) is 0 Å². The van der Waals surface area contributed by atoms with Crippen molar-refractivity contribution in [2.75, 3.05) is 6.54 Å². The van der Waals surface area contributed by atoms with Crippen molar-refractivity contribution in [3.05, 3.63) is 87.8 Å². The van der Waals surface area contributed by atoms with Crippen molar-refractivity contribution >= 4 is 38.9 Å². The van der Waals surface area contributed by atoms with Gasteiger partial charge in [-0.05, 0) is 53.1 Å². The minimum Gasteiger partial charge on any atom is -0.354 e. The van der Waals surface area contributed by atoms with E-state index in [1.165, 1.54) is 4.31 Å². The Hall–Kier alpha value is -2.19. The zero-order valence-corrected chi connectivity index (χ0v) is 18.5. The van der Waals surface area contributed by atoms with E-state index in [2.05, 4.69) is 5.32 Å². The third-order valence-corrected chi connectivity index (χ3v) is 8.63. The van der Waals surface area contributed by atoms with E-state index in [1.807, 2.05) is 42.5 Å². The molecule has 2 aromatic carbocycles. The van der Waals surface area contributed by atoms with Crippen molar-refractivity contribution in [2.24, 2.45) is 0 Å². The third kappa shape index (κ3) is 4.44. The number of carbonyl (C=O) groups excluding carboxylic acids is 1. The van der Waals surface area contributed by atoms with E-state index in [9.17, 15) is 13.2 Å². The Morgan fingerprint density at radius 1 is 1.10 bits per heavy atom. The van der Waals surface area contributed by atoms with Crippen molar-refractivity contribution in [1.82, 2.24) is 9.62 Å². The molecule has 8 heteroatoms. The van der Waals surface area contributed by atoms with E-state index in [0.29, 0.717) is 24.4 Å². The molecule has 0 saturated heterocycles. The smallest absolute Gasteiger partial charge is 0.253 e. The van der Waals surface area contributed by atoms with Gasteiger partial charge in [-0.1, -0.05) is 54.1 Å². The van der Waals surface area contributed by atoms with Crippen LogP contribution in [0.1, 0.15) is 16.7 Å². The number of halogens is 1. The van der Waals surface area contributed by atoms with Gasteiger partial charge in [0, 0.05) is 18.1 Å². The van der Waals surface area contributed by atoms with Crippen LogP contribution in [-0.4, -0.2) is 31.2 Å². The van der Waals surface area contributed by atoms with Crippen LogP contribution in [0.2, 0.25) is 5.02 Å². The number of rotatable bonds is 6. The van der Waals surface area contributed by atoms with Crippen LogP contribution >= 0.6 is 22.9 Å². The lowest BCUT2D eigenvalue weighted by atomic mass is 9.95. The highest BCUT2D eigenvalue weighted by Gasteiger charge is 2.39. The molecule has 0 spiro atoms. The van der Waals surface area contributed by atoms with Crippen LogP contribution < -0.4 is 5.32 Å². The molecule has 0 saturated carbocycles. The van der Waals surface area contributed by atoms with Crippen molar-refractivity contribution in [1.29, 1.82) is 0 Å². The number of fused-ring (bicyclic) bond motifs is 1. The van der Waals surface area contributed by atoms with Gasteiger partial charge < -0.3 is 5.32 Å². The Kier molecular flexibility index (Phi) is 6.24. The van der Waals surface area contributed by atoms with Gasteiger partial charge >= 0.3 is 0 Å². The summed E-state index contributed by atoms with van der Waals surface area (Å²) in [7, 11) is -3.76. The number of hydrogen-bond acceptors (Lipinski definition) is 4. The predicted octanol–water partition coefficient (Wildman–Crippen LogP) is 3.88. The number of thiophene rings is 1. The second kappa shape index (κ2) is 8.89. The zero-order valence-electron chi connectivity index (χ0n) is 16.1. The molecule has 0 unspecified atom stereocenters. The van der Waals surface area contributed by atoms with Gasteiger partial charge in [-0.3, -0.25) is 4.79 Å². The molecule has 3 aromatic rings. The molecule has 4 rings (SSSR count). The van der Waals surface area contributed by atoms with Gasteiger partial charge in [-0.15, -0.1) is 11.3 Å². The molecule has 5 nitrogen and oxygen atoms in total. The maximum Gasteiger partial charge on any atom is 0.253 e. The molecule has 30 heavy (non-hydrogen) atoms. The predicted molar refractivity (Wildman–Crippen MR) is 119 cm³/mol. The molecule has 1 N–H and O–H groups in total. The maximum absolute atomic E-state index is 13.2. The van der Waals surface area contributed by atoms with E-state index < -0.39 is 16.1 Å². The maximum atomic E-state index is 13.2. The van der Waals surface area contributed by atoms with Crippen LogP contribution in [0.25, 0.3) is 0 Å². The molecule has 1 aliphatic heterocycles. The summed E-state index contributed by atoms with van der Waals surface area (Å²) in [5.41, 5.74) is 2.95.